The molecule has 0 radical (unpaired) electrons. The number of hydrogen-bond donors (Lipinski definition) is 2. The summed E-state index contributed by atoms with van der Waals surface area (Å²) in [5.74, 6) is 0.937. The molecule has 1 aromatic carbocycles. The number of nitrogen functional groups attached to an aromatic ring is 1. The number of anilines is 2. The van der Waals surface area contributed by atoms with Crippen molar-refractivity contribution in [1.82, 2.24) is 4.98 Å². The first-order valence-corrected chi connectivity index (χ1v) is 6.75. The first-order valence-electron chi connectivity index (χ1n) is 6.75. The number of benzene rings is 1. The Morgan fingerprint density at radius 1 is 1.43 bits per heavy atom. The summed E-state index contributed by atoms with van der Waals surface area (Å²) in [5.41, 5.74) is 8.21. The summed E-state index contributed by atoms with van der Waals surface area (Å²) >= 11 is 0. The van der Waals surface area contributed by atoms with Crippen LogP contribution in [0, 0.1) is 13.8 Å². The second-order valence-corrected chi connectivity index (χ2v) is 4.59. The first kappa shape index (κ1) is 14.9. The van der Waals surface area contributed by atoms with Crippen LogP contribution in [-0.2, 0) is 11.3 Å². The molecule has 0 aliphatic heterocycles. The molecule has 1 heterocycles. The lowest BCUT2D eigenvalue weighted by Gasteiger charge is -2.11. The standard InChI is InChI=1S/C15H19N3O3/c1-4-20-15(19)11-6-5-7-12(14(11)16)17-8-13-18-9(2)10(3)21-13/h5-7,17H,4,8,16H2,1-3H3. The van der Waals surface area contributed by atoms with Crippen molar-refractivity contribution in [3.05, 3.63) is 41.1 Å². The maximum atomic E-state index is 11.8. The lowest BCUT2D eigenvalue weighted by Crippen LogP contribution is -2.10. The van der Waals surface area contributed by atoms with E-state index in [9.17, 15) is 4.79 Å². The zero-order valence-electron chi connectivity index (χ0n) is 12.4. The molecule has 6 nitrogen and oxygen atoms in total. The Kier molecular flexibility index (Phi) is 4.47. The van der Waals surface area contributed by atoms with Crippen LogP contribution in [0.1, 0.15) is 34.6 Å². The van der Waals surface area contributed by atoms with Crippen LogP contribution in [0.3, 0.4) is 0 Å². The minimum absolute atomic E-state index is 0.310. The molecule has 21 heavy (non-hydrogen) atoms. The van der Waals surface area contributed by atoms with Crippen molar-refractivity contribution in [1.29, 1.82) is 0 Å². The molecule has 1 aromatic heterocycles. The Balaban J connectivity index is 2.13. The number of aryl methyl sites for hydroxylation is 2. The van der Waals surface area contributed by atoms with Gasteiger partial charge in [0.25, 0.3) is 0 Å². The molecule has 0 saturated carbocycles. The number of nitrogens with zero attached hydrogens (tertiary/aromatic N) is 1. The first-order chi connectivity index (χ1) is 10.0. The molecule has 0 aliphatic rings. The Bertz CT molecular complexity index is 630. The van der Waals surface area contributed by atoms with Gasteiger partial charge in [0.05, 0.1) is 35.8 Å². The number of nitrogens with one attached hydrogen (secondary N) is 1. The lowest BCUT2D eigenvalue weighted by atomic mass is 10.1. The minimum atomic E-state index is -0.429. The average molecular weight is 289 g/mol. The van der Waals surface area contributed by atoms with Crippen molar-refractivity contribution in [2.24, 2.45) is 0 Å². The van der Waals surface area contributed by atoms with E-state index in [4.69, 9.17) is 14.9 Å². The van der Waals surface area contributed by atoms with Crippen molar-refractivity contribution in [2.75, 3.05) is 17.7 Å². The molecular formula is C15H19N3O3. The van der Waals surface area contributed by atoms with Crippen molar-refractivity contribution in [3.63, 3.8) is 0 Å². The molecule has 0 saturated heterocycles. The van der Waals surface area contributed by atoms with Gasteiger partial charge in [0.15, 0.2) is 0 Å². The maximum Gasteiger partial charge on any atom is 0.340 e. The quantitative estimate of drug-likeness (QED) is 0.649. The van der Waals surface area contributed by atoms with Crippen molar-refractivity contribution < 1.29 is 13.9 Å². The highest BCUT2D eigenvalue weighted by atomic mass is 16.5. The fraction of sp³-hybridized carbons (Fsp3) is 0.333. The third-order valence-electron chi connectivity index (χ3n) is 3.10. The number of carbonyl (C=O) groups is 1. The van der Waals surface area contributed by atoms with Crippen LogP contribution in [0.15, 0.2) is 22.6 Å². The van der Waals surface area contributed by atoms with E-state index in [1.54, 1.807) is 25.1 Å². The van der Waals surface area contributed by atoms with Gasteiger partial charge in [-0.2, -0.15) is 0 Å². The molecule has 0 amide bonds. The molecule has 0 unspecified atom stereocenters. The molecule has 6 heteroatoms. The summed E-state index contributed by atoms with van der Waals surface area (Å²) in [6.07, 6.45) is 0. The van der Waals surface area contributed by atoms with Gasteiger partial charge in [-0.15, -0.1) is 0 Å². The highest BCUT2D eigenvalue weighted by Gasteiger charge is 2.14. The van der Waals surface area contributed by atoms with Crippen LogP contribution < -0.4 is 11.1 Å². The zero-order chi connectivity index (χ0) is 15.4. The van der Waals surface area contributed by atoms with E-state index in [1.165, 1.54) is 0 Å². The van der Waals surface area contributed by atoms with Gasteiger partial charge in [0, 0.05) is 0 Å². The van der Waals surface area contributed by atoms with Crippen molar-refractivity contribution in [2.45, 2.75) is 27.3 Å². The van der Waals surface area contributed by atoms with E-state index in [-0.39, 0.29) is 0 Å². The van der Waals surface area contributed by atoms with Gasteiger partial charge >= 0.3 is 5.97 Å². The highest BCUT2D eigenvalue weighted by Crippen LogP contribution is 2.24. The summed E-state index contributed by atoms with van der Waals surface area (Å²) in [7, 11) is 0. The number of oxazole rings is 1. The van der Waals surface area contributed by atoms with E-state index < -0.39 is 5.97 Å². The molecule has 2 rings (SSSR count). The Morgan fingerprint density at radius 3 is 2.81 bits per heavy atom. The van der Waals surface area contributed by atoms with Gasteiger partial charge in [-0.3, -0.25) is 0 Å². The van der Waals surface area contributed by atoms with Crippen LogP contribution >= 0.6 is 0 Å². The van der Waals surface area contributed by atoms with Gasteiger partial charge in [-0.05, 0) is 32.9 Å². The molecule has 0 atom stereocenters. The van der Waals surface area contributed by atoms with Crippen LogP contribution in [-0.4, -0.2) is 17.6 Å². The second kappa shape index (κ2) is 6.30. The normalized spacial score (nSPS) is 10.4. The van der Waals surface area contributed by atoms with Gasteiger partial charge in [-0.1, -0.05) is 6.07 Å². The summed E-state index contributed by atoms with van der Waals surface area (Å²) in [4.78, 5) is 16.1. The summed E-state index contributed by atoms with van der Waals surface area (Å²) in [6, 6.07) is 5.18. The number of hydrogen-bond acceptors (Lipinski definition) is 6. The van der Waals surface area contributed by atoms with Crippen LogP contribution in [0.25, 0.3) is 0 Å². The topological polar surface area (TPSA) is 90.4 Å². The molecule has 112 valence electrons. The SMILES string of the molecule is CCOC(=O)c1cccc(NCc2nc(C)c(C)o2)c1N. The number of ether oxygens (including phenoxy) is 1. The number of esters is 1. The van der Waals surface area contributed by atoms with Crippen molar-refractivity contribution >= 4 is 17.3 Å². The number of rotatable bonds is 5. The minimum Gasteiger partial charge on any atom is -0.462 e. The number of para-hydroxylation sites is 1. The van der Waals surface area contributed by atoms with Crippen LogP contribution in [0.4, 0.5) is 11.4 Å². The van der Waals surface area contributed by atoms with E-state index in [2.05, 4.69) is 10.3 Å². The molecule has 0 bridgehead atoms. The smallest absolute Gasteiger partial charge is 0.340 e. The zero-order valence-corrected chi connectivity index (χ0v) is 12.4. The molecule has 0 aliphatic carbocycles. The maximum absolute atomic E-state index is 11.8. The Morgan fingerprint density at radius 2 is 2.19 bits per heavy atom. The predicted octanol–water partition coefficient (Wildman–Crippen LogP) is 2.66. The molecule has 0 spiro atoms. The van der Waals surface area contributed by atoms with E-state index in [0.29, 0.717) is 36.0 Å². The van der Waals surface area contributed by atoms with Crippen LogP contribution in [0.2, 0.25) is 0 Å². The number of nitrogens with two attached hydrogens (primary N) is 1. The molecular weight excluding hydrogens is 270 g/mol. The molecule has 0 fully saturated rings. The predicted molar refractivity (Wildman–Crippen MR) is 80.1 cm³/mol. The number of aromatic nitrogens is 1. The van der Waals surface area contributed by atoms with Gasteiger partial charge in [0.1, 0.15) is 5.76 Å². The Labute approximate surface area is 123 Å². The fourth-order valence-electron chi connectivity index (χ4n) is 1.89. The van der Waals surface area contributed by atoms with Gasteiger partial charge in [-0.25, -0.2) is 9.78 Å². The third kappa shape index (κ3) is 3.34. The van der Waals surface area contributed by atoms with Crippen LogP contribution in [0.5, 0.6) is 0 Å². The lowest BCUT2D eigenvalue weighted by molar-refractivity contribution is 0.0527. The van der Waals surface area contributed by atoms with Crippen molar-refractivity contribution in [3.8, 4) is 0 Å². The van der Waals surface area contributed by atoms with E-state index in [1.807, 2.05) is 13.8 Å². The number of carbonyl (C=O) groups excluding carboxylic acids is 1. The molecule has 3 N–H and O–H groups in total. The highest BCUT2D eigenvalue weighted by molar-refractivity contribution is 5.98. The fourth-order valence-corrected chi connectivity index (χ4v) is 1.89. The summed E-state index contributed by atoms with van der Waals surface area (Å²) < 4.78 is 10.5. The molecule has 2 aromatic rings. The van der Waals surface area contributed by atoms with E-state index in [0.717, 1.165) is 11.5 Å². The summed E-state index contributed by atoms with van der Waals surface area (Å²) in [6.45, 7) is 6.21. The average Bonchev–Trinajstić information content (AvgIpc) is 2.77. The monoisotopic (exact) mass is 289 g/mol. The Hall–Kier alpha value is -2.50. The van der Waals surface area contributed by atoms with Gasteiger partial charge in [0.2, 0.25) is 5.89 Å². The van der Waals surface area contributed by atoms with Gasteiger partial charge < -0.3 is 20.2 Å². The third-order valence-corrected chi connectivity index (χ3v) is 3.10. The van der Waals surface area contributed by atoms with E-state index >= 15 is 0 Å². The summed E-state index contributed by atoms with van der Waals surface area (Å²) in [5, 5.41) is 3.12. The largest absolute Gasteiger partial charge is 0.462 e. The second-order valence-electron chi connectivity index (χ2n) is 4.59.